The Balaban J connectivity index is 1.64. The summed E-state index contributed by atoms with van der Waals surface area (Å²) in [4.78, 5) is 13.2. The fourth-order valence-corrected chi connectivity index (χ4v) is 2.15. The summed E-state index contributed by atoms with van der Waals surface area (Å²) in [6.45, 7) is 1.66. The highest BCUT2D eigenvalue weighted by Gasteiger charge is 2.43. The minimum atomic E-state index is -0.818. The number of nitriles is 1. The average molecular weight is 286 g/mol. The molecule has 0 spiro atoms. The van der Waals surface area contributed by atoms with Crippen LogP contribution in [0.1, 0.15) is 19.8 Å². The van der Waals surface area contributed by atoms with Crippen LogP contribution in [0.5, 0.6) is 0 Å². The van der Waals surface area contributed by atoms with Crippen LogP contribution >= 0.6 is 0 Å². The zero-order valence-corrected chi connectivity index (χ0v) is 11.5. The summed E-state index contributed by atoms with van der Waals surface area (Å²) >= 11 is 0. The second-order valence-corrected chi connectivity index (χ2v) is 5.26. The second-order valence-electron chi connectivity index (χ2n) is 5.26. The SMILES string of the molecule is CC(C#N)(NC(=O)Cn1nnc(-c2ccco2)n1)C1CC1. The van der Waals surface area contributed by atoms with E-state index in [0.717, 1.165) is 12.8 Å². The van der Waals surface area contributed by atoms with Crippen molar-refractivity contribution in [2.24, 2.45) is 5.92 Å². The Bertz CT molecular complexity index is 682. The summed E-state index contributed by atoms with van der Waals surface area (Å²) in [5.41, 5.74) is -0.818. The van der Waals surface area contributed by atoms with E-state index in [4.69, 9.17) is 4.42 Å². The zero-order chi connectivity index (χ0) is 14.9. The molecule has 8 heteroatoms. The van der Waals surface area contributed by atoms with Gasteiger partial charge in [-0.3, -0.25) is 4.79 Å². The Morgan fingerprint density at radius 1 is 1.67 bits per heavy atom. The van der Waals surface area contributed by atoms with Gasteiger partial charge >= 0.3 is 0 Å². The van der Waals surface area contributed by atoms with Crippen LogP contribution in [0.2, 0.25) is 0 Å². The van der Waals surface area contributed by atoms with Gasteiger partial charge in [0, 0.05) is 0 Å². The number of carbonyl (C=O) groups excluding carboxylic acids is 1. The highest BCUT2D eigenvalue weighted by atomic mass is 16.3. The molecule has 1 unspecified atom stereocenters. The van der Waals surface area contributed by atoms with Gasteiger partial charge in [0.15, 0.2) is 5.76 Å². The van der Waals surface area contributed by atoms with Crippen molar-refractivity contribution in [3.05, 3.63) is 18.4 Å². The molecule has 1 saturated carbocycles. The van der Waals surface area contributed by atoms with Gasteiger partial charge in [0.05, 0.1) is 12.3 Å². The number of hydrogen-bond acceptors (Lipinski definition) is 6. The van der Waals surface area contributed by atoms with Gasteiger partial charge in [0.25, 0.3) is 0 Å². The summed E-state index contributed by atoms with van der Waals surface area (Å²) in [7, 11) is 0. The maximum Gasteiger partial charge on any atom is 0.244 e. The van der Waals surface area contributed by atoms with Crippen molar-refractivity contribution in [2.45, 2.75) is 31.8 Å². The molecule has 3 rings (SSSR count). The smallest absolute Gasteiger partial charge is 0.244 e. The summed E-state index contributed by atoms with van der Waals surface area (Å²) < 4.78 is 5.15. The molecule has 8 nitrogen and oxygen atoms in total. The van der Waals surface area contributed by atoms with E-state index in [-0.39, 0.29) is 18.4 Å². The van der Waals surface area contributed by atoms with Crippen molar-refractivity contribution < 1.29 is 9.21 Å². The van der Waals surface area contributed by atoms with Gasteiger partial charge in [0.1, 0.15) is 12.1 Å². The van der Waals surface area contributed by atoms with Crippen LogP contribution in [0.15, 0.2) is 22.8 Å². The Labute approximate surface area is 120 Å². The molecule has 1 aliphatic carbocycles. The first-order valence-corrected chi connectivity index (χ1v) is 6.65. The number of amides is 1. The number of carbonyl (C=O) groups is 1. The average Bonchev–Trinajstić information content (AvgIpc) is 3.00. The number of rotatable bonds is 5. The van der Waals surface area contributed by atoms with Crippen LogP contribution in [-0.4, -0.2) is 31.7 Å². The lowest BCUT2D eigenvalue weighted by atomic mass is 9.98. The number of hydrogen-bond donors (Lipinski definition) is 1. The molecule has 0 radical (unpaired) electrons. The lowest BCUT2D eigenvalue weighted by Gasteiger charge is -2.22. The lowest BCUT2D eigenvalue weighted by Crippen LogP contribution is -2.48. The number of tetrazole rings is 1. The molecular formula is C13H14N6O2. The molecule has 1 N–H and O–H groups in total. The van der Waals surface area contributed by atoms with E-state index in [1.54, 1.807) is 19.1 Å². The summed E-state index contributed by atoms with van der Waals surface area (Å²) in [6, 6.07) is 5.60. The molecule has 0 aliphatic heterocycles. The van der Waals surface area contributed by atoms with Crippen LogP contribution in [0.25, 0.3) is 11.6 Å². The molecule has 2 aromatic rings. The van der Waals surface area contributed by atoms with Crippen LogP contribution in [-0.2, 0) is 11.3 Å². The third-order valence-electron chi connectivity index (χ3n) is 3.50. The largest absolute Gasteiger partial charge is 0.461 e. The molecule has 0 bridgehead atoms. The maximum absolute atomic E-state index is 12.0. The Morgan fingerprint density at radius 3 is 3.10 bits per heavy atom. The molecule has 1 amide bonds. The summed E-state index contributed by atoms with van der Waals surface area (Å²) in [5, 5.41) is 23.6. The van der Waals surface area contributed by atoms with Crippen molar-refractivity contribution in [2.75, 3.05) is 0 Å². The van der Waals surface area contributed by atoms with E-state index in [9.17, 15) is 10.1 Å². The molecule has 0 aromatic carbocycles. The van der Waals surface area contributed by atoms with E-state index in [0.29, 0.717) is 11.6 Å². The molecule has 0 saturated heterocycles. The number of furan rings is 1. The van der Waals surface area contributed by atoms with Gasteiger partial charge in [-0.15, -0.1) is 10.2 Å². The second kappa shape index (κ2) is 5.01. The minimum Gasteiger partial charge on any atom is -0.461 e. The monoisotopic (exact) mass is 286 g/mol. The Hall–Kier alpha value is -2.69. The Morgan fingerprint density at radius 2 is 2.48 bits per heavy atom. The molecule has 21 heavy (non-hydrogen) atoms. The fourth-order valence-electron chi connectivity index (χ4n) is 2.15. The molecule has 2 heterocycles. The number of nitrogens with one attached hydrogen (secondary N) is 1. The van der Waals surface area contributed by atoms with Crippen molar-refractivity contribution in [1.82, 2.24) is 25.5 Å². The predicted octanol–water partition coefficient (Wildman–Crippen LogP) is 0.742. The van der Waals surface area contributed by atoms with Gasteiger partial charge in [-0.2, -0.15) is 10.1 Å². The van der Waals surface area contributed by atoms with Gasteiger partial charge < -0.3 is 9.73 Å². The van der Waals surface area contributed by atoms with Crippen molar-refractivity contribution in [3.8, 4) is 17.7 Å². The molecule has 1 aliphatic rings. The van der Waals surface area contributed by atoms with Gasteiger partial charge in [-0.05, 0) is 43.0 Å². The van der Waals surface area contributed by atoms with Crippen LogP contribution in [0.3, 0.4) is 0 Å². The third-order valence-corrected chi connectivity index (χ3v) is 3.50. The van der Waals surface area contributed by atoms with Crippen molar-refractivity contribution in [3.63, 3.8) is 0 Å². The molecule has 1 atom stereocenters. The summed E-state index contributed by atoms with van der Waals surface area (Å²) in [5.74, 6) is 0.725. The van der Waals surface area contributed by atoms with Gasteiger partial charge in [-0.1, -0.05) is 0 Å². The number of nitrogens with zero attached hydrogens (tertiary/aromatic N) is 5. The summed E-state index contributed by atoms with van der Waals surface area (Å²) in [6.07, 6.45) is 3.44. The standard InChI is InChI=1S/C13H14N6O2/c1-13(8-14,9-4-5-9)15-11(20)7-19-17-12(16-18-19)10-3-2-6-21-10/h2-3,6,9H,4-5,7H2,1H3,(H,15,20). The van der Waals surface area contributed by atoms with E-state index in [1.807, 2.05) is 0 Å². The molecular weight excluding hydrogens is 272 g/mol. The molecule has 1 fully saturated rings. The van der Waals surface area contributed by atoms with E-state index in [2.05, 4.69) is 26.8 Å². The Kier molecular flexibility index (Phi) is 3.17. The first kappa shape index (κ1) is 13.3. The molecule has 2 aromatic heterocycles. The first-order valence-electron chi connectivity index (χ1n) is 6.65. The van der Waals surface area contributed by atoms with E-state index >= 15 is 0 Å². The highest BCUT2D eigenvalue weighted by molar-refractivity contribution is 5.77. The number of aromatic nitrogens is 4. The van der Waals surface area contributed by atoms with Crippen LogP contribution in [0, 0.1) is 17.2 Å². The van der Waals surface area contributed by atoms with E-state index in [1.165, 1.54) is 11.1 Å². The molecule has 108 valence electrons. The zero-order valence-electron chi connectivity index (χ0n) is 11.5. The van der Waals surface area contributed by atoms with Crippen LogP contribution in [0.4, 0.5) is 0 Å². The normalized spacial score (nSPS) is 17.0. The van der Waals surface area contributed by atoms with Gasteiger partial charge in [0.2, 0.25) is 11.7 Å². The van der Waals surface area contributed by atoms with Crippen molar-refractivity contribution in [1.29, 1.82) is 5.26 Å². The highest BCUT2D eigenvalue weighted by Crippen LogP contribution is 2.39. The quantitative estimate of drug-likeness (QED) is 0.868. The van der Waals surface area contributed by atoms with Gasteiger partial charge in [-0.25, -0.2) is 0 Å². The third kappa shape index (κ3) is 2.76. The first-order chi connectivity index (χ1) is 10.1. The minimum absolute atomic E-state index is 0.0856. The van der Waals surface area contributed by atoms with Crippen molar-refractivity contribution >= 4 is 5.91 Å². The maximum atomic E-state index is 12.0. The van der Waals surface area contributed by atoms with E-state index < -0.39 is 5.54 Å². The predicted molar refractivity (Wildman–Crippen MR) is 70.4 cm³/mol. The fraction of sp³-hybridized carbons (Fsp3) is 0.462. The van der Waals surface area contributed by atoms with Crippen LogP contribution < -0.4 is 5.32 Å². The topological polar surface area (TPSA) is 110 Å². The lowest BCUT2D eigenvalue weighted by molar-refractivity contribution is -0.123.